The molecule has 2 unspecified atom stereocenters. The van der Waals surface area contributed by atoms with Crippen LogP contribution in [0.25, 0.3) is 0 Å². The van der Waals surface area contributed by atoms with E-state index >= 15 is 0 Å². The molecule has 0 bridgehead atoms. The van der Waals surface area contributed by atoms with Gasteiger partial charge in [-0.1, -0.05) is 71.7 Å². The molecule has 0 fully saturated rings. The highest BCUT2D eigenvalue weighted by Crippen LogP contribution is 2.39. The fraction of sp³-hybridized carbons (Fsp3) is 0.0714. The number of carbonyl (C=O) groups is 2. The summed E-state index contributed by atoms with van der Waals surface area (Å²) in [6, 6.07) is 22.6. The van der Waals surface area contributed by atoms with Crippen LogP contribution in [-0.2, 0) is 9.84 Å². The van der Waals surface area contributed by atoms with Crippen LogP contribution in [0.15, 0.2) is 94.7 Å². The third-order valence-electron chi connectivity index (χ3n) is 6.74. The van der Waals surface area contributed by atoms with Crippen molar-refractivity contribution in [3.05, 3.63) is 128 Å². The zero-order chi connectivity index (χ0) is 25.9. The number of hydrogen-bond acceptors (Lipinski definition) is 4. The van der Waals surface area contributed by atoms with E-state index in [1.807, 2.05) is 24.3 Å². The zero-order valence-electron chi connectivity index (χ0n) is 19.0. The molecule has 0 aliphatic carbocycles. The van der Waals surface area contributed by atoms with E-state index in [9.17, 15) is 18.0 Å². The Morgan fingerprint density at radius 1 is 0.595 bits per heavy atom. The fourth-order valence-electron chi connectivity index (χ4n) is 4.94. The Kier molecular flexibility index (Phi) is 5.60. The van der Waals surface area contributed by atoms with Crippen molar-refractivity contribution < 1.29 is 18.0 Å². The second-order valence-electron chi connectivity index (χ2n) is 8.87. The Morgan fingerprint density at radius 3 is 1.43 bits per heavy atom. The molecule has 2 heterocycles. The summed E-state index contributed by atoms with van der Waals surface area (Å²) in [5, 5.41) is 5.86. The van der Waals surface area contributed by atoms with Gasteiger partial charge in [0.2, 0.25) is 9.84 Å². The van der Waals surface area contributed by atoms with E-state index in [-0.39, 0.29) is 31.7 Å². The molecule has 6 rings (SSSR count). The molecule has 2 aliphatic heterocycles. The Balaban J connectivity index is 1.43. The topological polar surface area (TPSA) is 92.3 Å². The summed E-state index contributed by atoms with van der Waals surface area (Å²) < 4.78 is 27.8. The maximum atomic E-state index is 13.9. The molecule has 37 heavy (non-hydrogen) atoms. The molecule has 184 valence electrons. The second-order valence-corrected chi connectivity index (χ2v) is 11.6. The summed E-state index contributed by atoms with van der Waals surface area (Å²) in [7, 11) is -4.18. The van der Waals surface area contributed by atoms with E-state index in [1.54, 1.807) is 36.4 Å². The van der Waals surface area contributed by atoms with Crippen molar-refractivity contribution in [1.82, 2.24) is 10.6 Å². The number of amides is 2. The van der Waals surface area contributed by atoms with Gasteiger partial charge in [-0.05, 0) is 58.7 Å². The lowest BCUT2D eigenvalue weighted by Gasteiger charge is -2.17. The van der Waals surface area contributed by atoms with Gasteiger partial charge >= 0.3 is 0 Å². The lowest BCUT2D eigenvalue weighted by atomic mass is 9.98. The molecule has 0 saturated carbocycles. The molecule has 0 radical (unpaired) electrons. The van der Waals surface area contributed by atoms with Crippen molar-refractivity contribution in [1.29, 1.82) is 0 Å². The van der Waals surface area contributed by atoms with Gasteiger partial charge in [0.15, 0.2) is 0 Å². The first-order chi connectivity index (χ1) is 17.8. The van der Waals surface area contributed by atoms with Gasteiger partial charge in [0.25, 0.3) is 11.8 Å². The number of benzene rings is 4. The number of rotatable bonds is 4. The molecule has 2 amide bonds. The van der Waals surface area contributed by atoms with Crippen LogP contribution in [0.1, 0.15) is 55.1 Å². The first-order valence-electron chi connectivity index (χ1n) is 11.4. The first kappa shape index (κ1) is 23.7. The lowest BCUT2D eigenvalue weighted by molar-refractivity contribution is 0.0952. The van der Waals surface area contributed by atoms with Gasteiger partial charge in [-0.3, -0.25) is 9.59 Å². The van der Waals surface area contributed by atoms with Gasteiger partial charge in [0.05, 0.1) is 31.9 Å². The molecule has 2 N–H and O–H groups in total. The summed E-state index contributed by atoms with van der Waals surface area (Å²) in [4.78, 5) is 24.6. The third-order valence-corrected chi connectivity index (χ3v) is 9.46. The van der Waals surface area contributed by atoms with E-state index in [4.69, 9.17) is 23.2 Å². The highest BCUT2D eigenvalue weighted by atomic mass is 35.5. The van der Waals surface area contributed by atoms with Crippen LogP contribution in [0.5, 0.6) is 0 Å². The van der Waals surface area contributed by atoms with Gasteiger partial charge < -0.3 is 10.6 Å². The summed E-state index contributed by atoms with van der Waals surface area (Å²) in [6.07, 6.45) is 0. The number of hydrogen-bond donors (Lipinski definition) is 2. The maximum Gasteiger partial charge on any atom is 0.252 e. The summed E-state index contributed by atoms with van der Waals surface area (Å²) in [5.74, 6) is -0.454. The number of fused-ring (bicyclic) bond motifs is 2. The highest BCUT2D eigenvalue weighted by Gasteiger charge is 2.33. The van der Waals surface area contributed by atoms with Gasteiger partial charge in [-0.25, -0.2) is 8.42 Å². The van der Waals surface area contributed by atoms with Crippen LogP contribution in [0.3, 0.4) is 0 Å². The van der Waals surface area contributed by atoms with Crippen molar-refractivity contribution in [2.24, 2.45) is 0 Å². The average Bonchev–Trinajstić information content (AvgIpc) is 3.42. The Hall–Kier alpha value is -3.65. The van der Waals surface area contributed by atoms with E-state index in [0.29, 0.717) is 22.3 Å². The van der Waals surface area contributed by atoms with Crippen LogP contribution in [-0.4, -0.2) is 20.2 Å². The van der Waals surface area contributed by atoms with Gasteiger partial charge in [0.1, 0.15) is 0 Å². The minimum Gasteiger partial charge on any atom is -0.341 e. The minimum atomic E-state index is -4.18. The van der Waals surface area contributed by atoms with Crippen molar-refractivity contribution in [2.45, 2.75) is 21.9 Å². The minimum absolute atomic E-state index is 0.0299. The quantitative estimate of drug-likeness (QED) is 0.352. The van der Waals surface area contributed by atoms with E-state index < -0.39 is 21.9 Å². The molecular formula is C28H18Cl2N2O4S. The molecule has 0 aromatic heterocycles. The molecule has 0 spiro atoms. The Morgan fingerprint density at radius 2 is 1.00 bits per heavy atom. The molecule has 2 atom stereocenters. The van der Waals surface area contributed by atoms with Crippen LogP contribution in [0.2, 0.25) is 10.0 Å². The predicted octanol–water partition coefficient (Wildman–Crippen LogP) is 5.49. The Labute approximate surface area is 223 Å². The summed E-state index contributed by atoms with van der Waals surface area (Å²) >= 11 is 12.8. The molecule has 2 aliphatic rings. The van der Waals surface area contributed by atoms with E-state index in [0.717, 1.165) is 11.1 Å². The normalized spacial score (nSPS) is 18.2. The number of nitrogens with one attached hydrogen (secondary N) is 2. The van der Waals surface area contributed by atoms with Gasteiger partial charge in [-0.15, -0.1) is 0 Å². The summed E-state index contributed by atoms with van der Waals surface area (Å²) in [6.45, 7) is 0. The first-order valence-corrected chi connectivity index (χ1v) is 13.6. The molecule has 4 aromatic carbocycles. The summed E-state index contributed by atoms with van der Waals surface area (Å²) in [5.41, 5.74) is 3.75. The van der Waals surface area contributed by atoms with Crippen molar-refractivity contribution in [2.75, 3.05) is 0 Å². The second kappa shape index (κ2) is 8.73. The number of halogens is 2. The molecular weight excluding hydrogens is 531 g/mol. The average molecular weight is 549 g/mol. The fourth-order valence-corrected chi connectivity index (χ4v) is 7.25. The standard InChI is InChI=1S/C28H18Cl2N2O4S/c29-21-11-9-15(25-17-5-1-3-7-19(17)27(33)31-25)13-23(21)37(35,36)24-14-16(10-12-22(24)30)26-18-6-2-4-8-20(18)28(34)32-26/h1-14,25-26H,(H,31,33)(H,32,34). The third kappa shape index (κ3) is 3.82. The lowest BCUT2D eigenvalue weighted by Crippen LogP contribution is -2.20. The largest absolute Gasteiger partial charge is 0.341 e. The van der Waals surface area contributed by atoms with Crippen LogP contribution < -0.4 is 10.6 Å². The highest BCUT2D eigenvalue weighted by molar-refractivity contribution is 7.91. The van der Waals surface area contributed by atoms with Crippen molar-refractivity contribution >= 4 is 44.9 Å². The smallest absolute Gasteiger partial charge is 0.252 e. The predicted molar refractivity (Wildman–Crippen MR) is 140 cm³/mol. The van der Waals surface area contributed by atoms with E-state index in [2.05, 4.69) is 10.6 Å². The molecule has 4 aromatic rings. The maximum absolute atomic E-state index is 13.9. The number of sulfone groups is 1. The van der Waals surface area contributed by atoms with Crippen LogP contribution in [0.4, 0.5) is 0 Å². The SMILES string of the molecule is O=C1NC(c2ccc(Cl)c(S(=O)(=O)c3cc(C4NC(=O)c5ccccc54)ccc3Cl)c2)c2ccccc21. The van der Waals surface area contributed by atoms with Crippen LogP contribution in [0, 0.1) is 0 Å². The Bertz CT molecular complexity index is 1620. The van der Waals surface area contributed by atoms with Crippen molar-refractivity contribution in [3.63, 3.8) is 0 Å². The molecule has 6 nitrogen and oxygen atoms in total. The number of carbonyl (C=O) groups excluding carboxylic acids is 2. The molecule has 9 heteroatoms. The van der Waals surface area contributed by atoms with Crippen LogP contribution >= 0.6 is 23.2 Å². The zero-order valence-corrected chi connectivity index (χ0v) is 21.4. The van der Waals surface area contributed by atoms with E-state index in [1.165, 1.54) is 24.3 Å². The van der Waals surface area contributed by atoms with Crippen molar-refractivity contribution in [3.8, 4) is 0 Å². The van der Waals surface area contributed by atoms with Gasteiger partial charge in [-0.2, -0.15) is 0 Å². The van der Waals surface area contributed by atoms with Gasteiger partial charge in [0, 0.05) is 11.1 Å². The molecule has 0 saturated heterocycles. The monoisotopic (exact) mass is 548 g/mol.